The molecule has 0 saturated heterocycles. The van der Waals surface area contributed by atoms with Gasteiger partial charge in [-0.25, -0.2) is 16.8 Å². The van der Waals surface area contributed by atoms with Gasteiger partial charge in [0.2, 0.25) is 10.0 Å². The van der Waals surface area contributed by atoms with Crippen LogP contribution in [0.2, 0.25) is 0 Å². The topological polar surface area (TPSA) is 115 Å². The van der Waals surface area contributed by atoms with E-state index in [4.69, 9.17) is 0 Å². The molecule has 27 heavy (non-hydrogen) atoms. The fourth-order valence-corrected chi connectivity index (χ4v) is 8.07. The summed E-state index contributed by atoms with van der Waals surface area (Å²) in [7, 11) is -7.41. The Bertz CT molecular complexity index is 1070. The van der Waals surface area contributed by atoms with Crippen molar-refractivity contribution >= 4 is 36.9 Å². The first-order valence-electron chi connectivity index (χ1n) is 8.18. The van der Waals surface area contributed by atoms with Crippen molar-refractivity contribution in [1.29, 1.82) is 0 Å². The van der Waals surface area contributed by atoms with Gasteiger partial charge in [-0.15, -0.1) is 11.3 Å². The van der Waals surface area contributed by atoms with E-state index in [1.54, 1.807) is 25.3 Å². The molecule has 0 radical (unpaired) electrons. The first-order chi connectivity index (χ1) is 12.6. The summed E-state index contributed by atoms with van der Waals surface area (Å²) < 4.78 is 52.8. The minimum atomic E-state index is -3.95. The molecule has 0 spiro atoms. The zero-order valence-electron chi connectivity index (χ0n) is 14.6. The van der Waals surface area contributed by atoms with E-state index in [-0.39, 0.29) is 27.8 Å². The van der Waals surface area contributed by atoms with Crippen LogP contribution in [0.3, 0.4) is 0 Å². The van der Waals surface area contributed by atoms with Gasteiger partial charge in [0, 0.05) is 18.7 Å². The molecular formula is C16H18N2O6S3. The van der Waals surface area contributed by atoms with Gasteiger partial charge in [-0.3, -0.25) is 10.1 Å². The highest BCUT2D eigenvalue weighted by atomic mass is 32.2. The Hall–Kier alpha value is -1.82. The van der Waals surface area contributed by atoms with E-state index in [1.165, 1.54) is 16.4 Å². The third kappa shape index (κ3) is 3.28. The zero-order chi connectivity index (χ0) is 20.0. The molecule has 1 aromatic carbocycles. The van der Waals surface area contributed by atoms with Gasteiger partial charge in [-0.2, -0.15) is 4.31 Å². The molecule has 0 fully saturated rings. The van der Waals surface area contributed by atoms with Crippen LogP contribution in [0, 0.1) is 10.1 Å². The summed E-state index contributed by atoms with van der Waals surface area (Å²) in [5.41, 5.74) is 0.292. The van der Waals surface area contributed by atoms with Gasteiger partial charge in [0.25, 0.3) is 5.69 Å². The summed E-state index contributed by atoms with van der Waals surface area (Å²) in [5.74, 6) is 0. The fourth-order valence-electron chi connectivity index (χ4n) is 3.24. The summed E-state index contributed by atoms with van der Waals surface area (Å²) in [4.78, 5) is 10.1. The van der Waals surface area contributed by atoms with E-state index in [2.05, 4.69) is 0 Å². The molecule has 3 rings (SSSR count). The van der Waals surface area contributed by atoms with E-state index in [9.17, 15) is 26.9 Å². The van der Waals surface area contributed by atoms with Crippen LogP contribution in [0.4, 0.5) is 5.69 Å². The smallest absolute Gasteiger partial charge is 0.258 e. The summed E-state index contributed by atoms with van der Waals surface area (Å²) in [6.45, 7) is 3.41. The number of hydrogen-bond donors (Lipinski definition) is 0. The van der Waals surface area contributed by atoms with Crippen molar-refractivity contribution in [2.75, 3.05) is 6.54 Å². The maximum absolute atomic E-state index is 13.2. The minimum absolute atomic E-state index is 0.0622. The van der Waals surface area contributed by atoms with Gasteiger partial charge in [0.1, 0.15) is 4.21 Å². The number of nitro groups is 1. The average molecular weight is 431 g/mol. The van der Waals surface area contributed by atoms with E-state index in [1.807, 2.05) is 0 Å². The van der Waals surface area contributed by atoms with Gasteiger partial charge in [-0.05, 0) is 42.5 Å². The largest absolute Gasteiger partial charge is 0.269 e. The Morgan fingerprint density at radius 2 is 1.89 bits per heavy atom. The molecule has 0 bridgehead atoms. The van der Waals surface area contributed by atoms with Gasteiger partial charge in [-0.1, -0.05) is 6.92 Å². The van der Waals surface area contributed by atoms with Crippen molar-refractivity contribution in [3.8, 4) is 0 Å². The number of benzene rings is 1. The monoisotopic (exact) mass is 430 g/mol. The predicted octanol–water partition coefficient (Wildman–Crippen LogP) is 2.97. The molecule has 0 unspecified atom stereocenters. The lowest BCUT2D eigenvalue weighted by molar-refractivity contribution is -0.384. The van der Waals surface area contributed by atoms with Crippen molar-refractivity contribution < 1.29 is 21.8 Å². The molecule has 0 aliphatic carbocycles. The Morgan fingerprint density at radius 1 is 1.26 bits per heavy atom. The molecule has 2 atom stereocenters. The molecule has 1 aromatic heterocycles. The molecule has 2 heterocycles. The highest BCUT2D eigenvalue weighted by Crippen LogP contribution is 2.44. The van der Waals surface area contributed by atoms with Crippen molar-refractivity contribution in [2.24, 2.45) is 0 Å². The van der Waals surface area contributed by atoms with Gasteiger partial charge < -0.3 is 0 Å². The molecule has 1 aliphatic rings. The number of rotatable bonds is 5. The third-order valence-electron chi connectivity index (χ3n) is 4.67. The summed E-state index contributed by atoms with van der Waals surface area (Å²) >= 11 is 1.09. The molecular weight excluding hydrogens is 412 g/mol. The summed E-state index contributed by atoms with van der Waals surface area (Å²) in [6, 6.07) is 5.74. The fraction of sp³-hybridized carbons (Fsp3) is 0.375. The number of thiophene rings is 1. The highest BCUT2D eigenvalue weighted by molar-refractivity contribution is 7.94. The Morgan fingerprint density at radius 3 is 2.44 bits per heavy atom. The van der Waals surface area contributed by atoms with Crippen LogP contribution in [-0.4, -0.2) is 37.9 Å². The lowest BCUT2D eigenvalue weighted by atomic mass is 10.1. The standard InChI is InChI=1S/C16H18N2O6S3/c1-3-17(27(23,24)13-6-4-12(5-7-13)18(19)20)15-10-11(2)26(21,22)16-14(15)8-9-25-16/h4-9,11,15H,3,10H2,1-2H3/t11-,15-/m0/s1. The van der Waals surface area contributed by atoms with Crippen LogP contribution in [0.15, 0.2) is 44.8 Å². The second-order valence-corrected chi connectivity index (χ2v) is 11.6. The summed E-state index contributed by atoms with van der Waals surface area (Å²) in [5, 5.41) is 11.7. The molecule has 0 saturated carbocycles. The van der Waals surface area contributed by atoms with Crippen LogP contribution in [0.5, 0.6) is 0 Å². The number of nitro benzene ring substituents is 1. The molecule has 0 N–H and O–H groups in total. The number of fused-ring (bicyclic) bond motifs is 1. The first kappa shape index (κ1) is 19.9. The lowest BCUT2D eigenvalue weighted by Crippen LogP contribution is -2.40. The zero-order valence-corrected chi connectivity index (χ0v) is 17.1. The number of sulfonamides is 1. The highest BCUT2D eigenvalue weighted by Gasteiger charge is 2.42. The minimum Gasteiger partial charge on any atom is -0.258 e. The molecule has 11 heteroatoms. The summed E-state index contributed by atoms with van der Waals surface area (Å²) in [6.07, 6.45) is 0.159. The Labute approximate surface area is 161 Å². The molecule has 2 aromatic rings. The predicted molar refractivity (Wildman–Crippen MR) is 101 cm³/mol. The molecule has 8 nitrogen and oxygen atoms in total. The Kier molecular flexibility index (Phi) is 5.14. The van der Waals surface area contributed by atoms with E-state index < -0.39 is 36.1 Å². The van der Waals surface area contributed by atoms with Gasteiger partial charge in [0.15, 0.2) is 9.84 Å². The van der Waals surface area contributed by atoms with Crippen molar-refractivity contribution in [1.82, 2.24) is 4.31 Å². The molecule has 0 amide bonds. The van der Waals surface area contributed by atoms with Crippen LogP contribution in [-0.2, 0) is 19.9 Å². The first-order valence-corrected chi connectivity index (χ1v) is 12.0. The van der Waals surface area contributed by atoms with Crippen LogP contribution in [0.25, 0.3) is 0 Å². The number of hydrogen-bond acceptors (Lipinski definition) is 7. The normalized spacial score (nSPS) is 21.7. The third-order valence-corrected chi connectivity index (χ3v) is 10.4. The van der Waals surface area contributed by atoms with Crippen molar-refractivity contribution in [3.63, 3.8) is 0 Å². The molecule has 1 aliphatic heterocycles. The van der Waals surface area contributed by atoms with Crippen LogP contribution >= 0.6 is 11.3 Å². The quantitative estimate of drug-likeness (QED) is 0.532. The van der Waals surface area contributed by atoms with E-state index in [0.29, 0.717) is 5.56 Å². The van der Waals surface area contributed by atoms with Crippen LogP contribution < -0.4 is 0 Å². The number of nitrogens with zero attached hydrogens (tertiary/aromatic N) is 2. The number of sulfone groups is 1. The molecule has 146 valence electrons. The maximum atomic E-state index is 13.2. The average Bonchev–Trinajstić information content (AvgIpc) is 3.11. The van der Waals surface area contributed by atoms with E-state index >= 15 is 0 Å². The van der Waals surface area contributed by atoms with E-state index in [0.717, 1.165) is 23.5 Å². The van der Waals surface area contributed by atoms with Gasteiger partial charge >= 0.3 is 0 Å². The SMILES string of the molecule is CCN([C@H]1C[C@H](C)S(=O)(=O)c2sccc21)S(=O)(=O)c1ccc([N+](=O)[O-])cc1. The van der Waals surface area contributed by atoms with Crippen molar-refractivity contribution in [2.45, 2.75) is 40.7 Å². The Balaban J connectivity index is 2.05. The lowest BCUT2D eigenvalue weighted by Gasteiger charge is -2.35. The van der Waals surface area contributed by atoms with Crippen LogP contribution in [0.1, 0.15) is 31.9 Å². The van der Waals surface area contributed by atoms with Gasteiger partial charge in [0.05, 0.1) is 21.1 Å². The second kappa shape index (κ2) is 6.97. The van der Waals surface area contributed by atoms with Crippen molar-refractivity contribution in [3.05, 3.63) is 51.4 Å². The second-order valence-electron chi connectivity index (χ2n) is 6.23. The maximum Gasteiger partial charge on any atom is 0.269 e. The number of non-ortho nitro benzene ring substituents is 1.